The number of hydrogen-bond donors (Lipinski definition) is 2. The van der Waals surface area contributed by atoms with E-state index in [0.717, 1.165) is 19.5 Å². The summed E-state index contributed by atoms with van der Waals surface area (Å²) >= 11 is 0. The van der Waals surface area contributed by atoms with Gasteiger partial charge in [0.15, 0.2) is 0 Å². The van der Waals surface area contributed by atoms with E-state index >= 15 is 0 Å². The van der Waals surface area contributed by atoms with Crippen LogP contribution in [0.5, 0.6) is 0 Å². The molecule has 0 aromatic rings. The smallest absolute Gasteiger partial charge is 0.0705 e. The maximum Gasteiger partial charge on any atom is 0.0705 e. The van der Waals surface area contributed by atoms with Crippen LogP contribution in [-0.2, 0) is 4.74 Å². The van der Waals surface area contributed by atoms with Crippen molar-refractivity contribution < 1.29 is 4.74 Å². The minimum Gasteiger partial charge on any atom is -0.380 e. The van der Waals surface area contributed by atoms with Crippen LogP contribution < -0.4 is 11.1 Å². The zero-order chi connectivity index (χ0) is 11.1. The van der Waals surface area contributed by atoms with Crippen molar-refractivity contribution in [3.63, 3.8) is 0 Å². The summed E-state index contributed by atoms with van der Waals surface area (Å²) in [7, 11) is 1.73. The molecule has 0 aromatic heterocycles. The molecule has 90 valence electrons. The topological polar surface area (TPSA) is 47.3 Å². The standard InChI is InChI=1S/C12H26N2O/c1-12(6-3-4-7-12)10-14-8-5-11(9-13)15-2/h11,14H,3-10,13H2,1-2H3. The Morgan fingerprint density at radius 3 is 2.60 bits per heavy atom. The summed E-state index contributed by atoms with van der Waals surface area (Å²) in [6, 6.07) is 0. The first-order valence-electron chi connectivity index (χ1n) is 6.14. The van der Waals surface area contributed by atoms with Crippen molar-refractivity contribution >= 4 is 0 Å². The third-order valence-electron chi connectivity index (χ3n) is 3.60. The zero-order valence-electron chi connectivity index (χ0n) is 10.2. The molecule has 1 unspecified atom stereocenters. The van der Waals surface area contributed by atoms with Crippen LogP contribution in [0.4, 0.5) is 0 Å². The summed E-state index contributed by atoms with van der Waals surface area (Å²) in [5.41, 5.74) is 6.11. The molecule has 0 radical (unpaired) electrons. The second-order valence-corrected chi connectivity index (χ2v) is 5.08. The normalized spacial score (nSPS) is 21.8. The fourth-order valence-corrected chi connectivity index (χ4v) is 2.39. The zero-order valence-corrected chi connectivity index (χ0v) is 10.2. The Morgan fingerprint density at radius 1 is 1.40 bits per heavy atom. The number of nitrogens with one attached hydrogen (secondary N) is 1. The van der Waals surface area contributed by atoms with Crippen LogP contribution in [0, 0.1) is 5.41 Å². The minimum absolute atomic E-state index is 0.217. The summed E-state index contributed by atoms with van der Waals surface area (Å²) < 4.78 is 5.23. The second-order valence-electron chi connectivity index (χ2n) is 5.08. The molecule has 3 nitrogen and oxygen atoms in total. The van der Waals surface area contributed by atoms with Crippen LogP contribution in [0.15, 0.2) is 0 Å². The van der Waals surface area contributed by atoms with Crippen molar-refractivity contribution in [1.82, 2.24) is 5.32 Å². The van der Waals surface area contributed by atoms with Gasteiger partial charge in [0.05, 0.1) is 6.10 Å². The molecule has 1 rings (SSSR count). The van der Waals surface area contributed by atoms with Gasteiger partial charge in [0.2, 0.25) is 0 Å². The van der Waals surface area contributed by atoms with Gasteiger partial charge in [-0.15, -0.1) is 0 Å². The fourth-order valence-electron chi connectivity index (χ4n) is 2.39. The number of methoxy groups -OCH3 is 1. The SMILES string of the molecule is COC(CN)CCNCC1(C)CCCC1. The molecule has 0 amide bonds. The maximum absolute atomic E-state index is 5.56. The van der Waals surface area contributed by atoms with Gasteiger partial charge in [-0.05, 0) is 31.2 Å². The molecule has 0 aliphatic heterocycles. The summed E-state index contributed by atoms with van der Waals surface area (Å²) in [6.07, 6.45) is 6.80. The summed E-state index contributed by atoms with van der Waals surface area (Å²) in [4.78, 5) is 0. The molecule has 1 aliphatic carbocycles. The Kier molecular flexibility index (Phi) is 5.58. The number of nitrogens with two attached hydrogens (primary N) is 1. The molecule has 0 saturated heterocycles. The van der Waals surface area contributed by atoms with E-state index in [2.05, 4.69) is 12.2 Å². The lowest BCUT2D eigenvalue weighted by Crippen LogP contribution is -2.33. The first-order chi connectivity index (χ1) is 7.20. The number of rotatable bonds is 7. The highest BCUT2D eigenvalue weighted by molar-refractivity contribution is 4.82. The van der Waals surface area contributed by atoms with E-state index in [-0.39, 0.29) is 6.10 Å². The average molecular weight is 214 g/mol. The maximum atomic E-state index is 5.56. The van der Waals surface area contributed by atoms with Gasteiger partial charge in [0, 0.05) is 20.2 Å². The highest BCUT2D eigenvalue weighted by Gasteiger charge is 2.27. The summed E-state index contributed by atoms with van der Waals surface area (Å²) in [5, 5.41) is 3.53. The Bertz CT molecular complexity index is 163. The van der Waals surface area contributed by atoms with E-state index in [0.29, 0.717) is 12.0 Å². The van der Waals surface area contributed by atoms with Gasteiger partial charge in [-0.25, -0.2) is 0 Å². The number of hydrogen-bond acceptors (Lipinski definition) is 3. The molecular formula is C12H26N2O. The molecule has 1 fully saturated rings. The predicted molar refractivity (Wildman–Crippen MR) is 63.9 cm³/mol. The molecule has 3 heteroatoms. The molecule has 0 spiro atoms. The molecular weight excluding hydrogens is 188 g/mol. The third-order valence-corrected chi connectivity index (χ3v) is 3.60. The van der Waals surface area contributed by atoms with Gasteiger partial charge >= 0.3 is 0 Å². The molecule has 0 bridgehead atoms. The Morgan fingerprint density at radius 2 is 2.07 bits per heavy atom. The first kappa shape index (κ1) is 12.9. The van der Waals surface area contributed by atoms with Crippen LogP contribution in [0.1, 0.15) is 39.0 Å². The number of ether oxygens (including phenoxy) is 1. The van der Waals surface area contributed by atoms with Crippen LogP contribution in [0.2, 0.25) is 0 Å². The second kappa shape index (κ2) is 6.46. The van der Waals surface area contributed by atoms with Crippen LogP contribution >= 0.6 is 0 Å². The lowest BCUT2D eigenvalue weighted by atomic mass is 9.89. The van der Waals surface area contributed by atoms with Gasteiger partial charge in [0.25, 0.3) is 0 Å². The van der Waals surface area contributed by atoms with Crippen molar-refractivity contribution in [2.45, 2.75) is 45.1 Å². The van der Waals surface area contributed by atoms with E-state index in [1.807, 2.05) is 0 Å². The summed E-state index contributed by atoms with van der Waals surface area (Å²) in [5.74, 6) is 0. The van der Waals surface area contributed by atoms with Gasteiger partial charge < -0.3 is 15.8 Å². The highest BCUT2D eigenvalue weighted by atomic mass is 16.5. The Hall–Kier alpha value is -0.120. The molecule has 3 N–H and O–H groups in total. The third kappa shape index (κ3) is 4.49. The molecule has 0 aromatic carbocycles. The fraction of sp³-hybridized carbons (Fsp3) is 1.00. The van der Waals surface area contributed by atoms with Crippen LogP contribution in [0.3, 0.4) is 0 Å². The van der Waals surface area contributed by atoms with Gasteiger partial charge in [0.1, 0.15) is 0 Å². The molecule has 0 heterocycles. The van der Waals surface area contributed by atoms with Crippen molar-refractivity contribution in [3.05, 3.63) is 0 Å². The van der Waals surface area contributed by atoms with Crippen molar-refractivity contribution in [3.8, 4) is 0 Å². The Balaban J connectivity index is 2.05. The minimum atomic E-state index is 0.217. The predicted octanol–water partition coefficient (Wildman–Crippen LogP) is 1.52. The van der Waals surface area contributed by atoms with Crippen LogP contribution in [0.25, 0.3) is 0 Å². The molecule has 1 saturated carbocycles. The average Bonchev–Trinajstić information content (AvgIpc) is 2.66. The monoisotopic (exact) mass is 214 g/mol. The van der Waals surface area contributed by atoms with Crippen LogP contribution in [-0.4, -0.2) is 32.8 Å². The molecule has 1 atom stereocenters. The van der Waals surface area contributed by atoms with Crippen molar-refractivity contribution in [1.29, 1.82) is 0 Å². The molecule has 1 aliphatic rings. The summed E-state index contributed by atoms with van der Waals surface area (Å²) in [6.45, 7) is 5.18. The molecule has 15 heavy (non-hydrogen) atoms. The highest BCUT2D eigenvalue weighted by Crippen LogP contribution is 2.36. The largest absolute Gasteiger partial charge is 0.380 e. The Labute approximate surface area is 93.8 Å². The van der Waals surface area contributed by atoms with E-state index in [4.69, 9.17) is 10.5 Å². The van der Waals surface area contributed by atoms with Gasteiger partial charge in [-0.3, -0.25) is 0 Å². The van der Waals surface area contributed by atoms with Crippen molar-refractivity contribution in [2.24, 2.45) is 11.1 Å². The van der Waals surface area contributed by atoms with E-state index in [9.17, 15) is 0 Å². The lowest BCUT2D eigenvalue weighted by Gasteiger charge is -2.24. The quantitative estimate of drug-likeness (QED) is 0.632. The van der Waals surface area contributed by atoms with E-state index in [1.165, 1.54) is 25.7 Å². The van der Waals surface area contributed by atoms with Gasteiger partial charge in [-0.2, -0.15) is 0 Å². The first-order valence-corrected chi connectivity index (χ1v) is 6.14. The van der Waals surface area contributed by atoms with E-state index < -0.39 is 0 Å². The van der Waals surface area contributed by atoms with Gasteiger partial charge in [-0.1, -0.05) is 19.8 Å². The van der Waals surface area contributed by atoms with Crippen molar-refractivity contribution in [2.75, 3.05) is 26.7 Å². The lowest BCUT2D eigenvalue weighted by molar-refractivity contribution is 0.101. The van der Waals surface area contributed by atoms with E-state index in [1.54, 1.807) is 7.11 Å².